The fourth-order valence-corrected chi connectivity index (χ4v) is 1.30. The van der Waals surface area contributed by atoms with E-state index in [0.29, 0.717) is 0 Å². The average molecular weight is 114 g/mol. The van der Waals surface area contributed by atoms with Gasteiger partial charge in [-0.25, -0.2) is 0 Å². The largest absolute Gasteiger partial charge is 0.0683 e. The van der Waals surface area contributed by atoms with Crippen LogP contribution in [0.25, 0.3) is 0 Å². The molecule has 0 bridgehead atoms. The van der Waals surface area contributed by atoms with Gasteiger partial charge in [-0.15, -0.1) is 0 Å². The van der Waals surface area contributed by atoms with Crippen molar-refractivity contribution in [2.75, 3.05) is 0 Å². The molecule has 1 rings (SSSR count). The quantitative estimate of drug-likeness (QED) is 0.454. The summed E-state index contributed by atoms with van der Waals surface area (Å²) in [4.78, 5) is 0. The summed E-state index contributed by atoms with van der Waals surface area (Å²) >= 11 is 0. The molecule has 1 fully saturated rings. The summed E-state index contributed by atoms with van der Waals surface area (Å²) in [6.07, 6.45) is 2.94. The van der Waals surface area contributed by atoms with Crippen LogP contribution < -0.4 is 0 Å². The molecular weight excluding hydrogens is 96.1 g/mol. The monoisotopic (exact) mass is 114 g/mol. The first-order valence-corrected chi connectivity index (χ1v) is 3.79. The lowest BCUT2D eigenvalue weighted by atomic mass is 9.78. The van der Waals surface area contributed by atoms with Crippen LogP contribution in [-0.4, -0.2) is 0 Å². The van der Waals surface area contributed by atoms with E-state index in [-0.39, 0.29) is 0 Å². The molecule has 0 aromatic heterocycles. The molecule has 0 aromatic carbocycles. The highest BCUT2D eigenvalue weighted by Gasteiger charge is 2.19. The summed E-state index contributed by atoms with van der Waals surface area (Å²) in [5.41, 5.74) is 0. The van der Waals surface area contributed by atoms with Crippen molar-refractivity contribution < 1.29 is 0 Å². The fourth-order valence-electron chi connectivity index (χ4n) is 1.30. The molecular formula is C8H18. The summed E-state index contributed by atoms with van der Waals surface area (Å²) in [6.45, 7) is 8.64. The Hall–Kier alpha value is 0. The lowest BCUT2D eigenvalue weighted by molar-refractivity contribution is 0.233. The molecule has 0 nitrogen and oxygen atoms in total. The van der Waals surface area contributed by atoms with E-state index in [1.807, 2.05) is 13.8 Å². The molecule has 0 N–H and O–H groups in total. The minimum atomic E-state index is 1.04. The topological polar surface area (TPSA) is 0 Å². The van der Waals surface area contributed by atoms with Crippen LogP contribution in [0.2, 0.25) is 0 Å². The first-order valence-electron chi connectivity index (χ1n) is 3.79. The van der Waals surface area contributed by atoms with Gasteiger partial charge in [-0.1, -0.05) is 27.7 Å². The second kappa shape index (κ2) is 3.94. The molecule has 1 saturated carbocycles. The van der Waals surface area contributed by atoms with Crippen LogP contribution in [0.3, 0.4) is 0 Å². The number of rotatable bonds is 0. The van der Waals surface area contributed by atoms with Gasteiger partial charge >= 0.3 is 0 Å². The molecule has 0 unspecified atom stereocenters. The Balaban J connectivity index is 0.000000222. The van der Waals surface area contributed by atoms with E-state index in [4.69, 9.17) is 0 Å². The molecule has 0 aliphatic heterocycles. The van der Waals surface area contributed by atoms with Gasteiger partial charge in [-0.3, -0.25) is 0 Å². The van der Waals surface area contributed by atoms with Gasteiger partial charge in [0.1, 0.15) is 0 Å². The molecule has 0 radical (unpaired) electrons. The molecule has 0 aromatic rings. The maximum Gasteiger partial charge on any atom is -0.0438 e. The molecule has 0 heteroatoms. The SMILES string of the molecule is CC.CC1CC(C)C1. The van der Waals surface area contributed by atoms with Crippen molar-refractivity contribution in [1.29, 1.82) is 0 Å². The van der Waals surface area contributed by atoms with E-state index in [9.17, 15) is 0 Å². The van der Waals surface area contributed by atoms with Crippen molar-refractivity contribution in [2.45, 2.75) is 40.5 Å². The van der Waals surface area contributed by atoms with Gasteiger partial charge in [0.25, 0.3) is 0 Å². The molecule has 0 saturated heterocycles. The van der Waals surface area contributed by atoms with Gasteiger partial charge in [0.05, 0.1) is 0 Å². The molecule has 0 amide bonds. The van der Waals surface area contributed by atoms with Gasteiger partial charge in [-0.2, -0.15) is 0 Å². The summed E-state index contributed by atoms with van der Waals surface area (Å²) in [5.74, 6) is 2.08. The number of hydrogen-bond donors (Lipinski definition) is 0. The highest BCUT2D eigenvalue weighted by molar-refractivity contribution is 4.71. The van der Waals surface area contributed by atoms with Crippen molar-refractivity contribution in [1.82, 2.24) is 0 Å². The normalized spacial score (nSPS) is 34.5. The van der Waals surface area contributed by atoms with Crippen LogP contribution in [0.15, 0.2) is 0 Å². The van der Waals surface area contributed by atoms with E-state index >= 15 is 0 Å². The smallest absolute Gasteiger partial charge is 0.0438 e. The minimum Gasteiger partial charge on any atom is -0.0683 e. The average Bonchev–Trinajstić information content (AvgIpc) is 1.70. The Bertz CT molecular complexity index is 36.0. The first kappa shape index (κ1) is 8.00. The van der Waals surface area contributed by atoms with E-state index < -0.39 is 0 Å². The predicted molar refractivity (Wildman–Crippen MR) is 38.9 cm³/mol. The fraction of sp³-hybridized carbons (Fsp3) is 1.00. The maximum absolute atomic E-state index is 2.32. The van der Waals surface area contributed by atoms with E-state index in [1.54, 1.807) is 0 Å². The van der Waals surface area contributed by atoms with Gasteiger partial charge in [0, 0.05) is 0 Å². The molecule has 1 aliphatic carbocycles. The lowest BCUT2D eigenvalue weighted by Gasteiger charge is -2.28. The van der Waals surface area contributed by atoms with Gasteiger partial charge < -0.3 is 0 Å². The Morgan fingerprint density at radius 3 is 1.12 bits per heavy atom. The molecule has 1 aliphatic rings. The Labute approximate surface area is 53.3 Å². The van der Waals surface area contributed by atoms with Crippen LogP contribution in [0.5, 0.6) is 0 Å². The van der Waals surface area contributed by atoms with Crippen LogP contribution in [-0.2, 0) is 0 Å². The van der Waals surface area contributed by atoms with E-state index in [0.717, 1.165) is 11.8 Å². The maximum atomic E-state index is 2.32. The van der Waals surface area contributed by atoms with E-state index in [2.05, 4.69) is 13.8 Å². The second-order valence-electron chi connectivity index (χ2n) is 2.68. The van der Waals surface area contributed by atoms with Crippen molar-refractivity contribution in [3.05, 3.63) is 0 Å². The highest BCUT2D eigenvalue weighted by Crippen LogP contribution is 2.31. The zero-order chi connectivity index (χ0) is 6.57. The molecule has 0 heterocycles. The van der Waals surface area contributed by atoms with Gasteiger partial charge in [0.2, 0.25) is 0 Å². The lowest BCUT2D eigenvalue weighted by Crippen LogP contribution is -2.16. The summed E-state index contributed by atoms with van der Waals surface area (Å²) in [7, 11) is 0. The third kappa shape index (κ3) is 2.34. The van der Waals surface area contributed by atoms with Crippen molar-refractivity contribution >= 4 is 0 Å². The molecule has 0 atom stereocenters. The molecule has 8 heavy (non-hydrogen) atoms. The number of hydrogen-bond acceptors (Lipinski definition) is 0. The van der Waals surface area contributed by atoms with Crippen LogP contribution >= 0.6 is 0 Å². The van der Waals surface area contributed by atoms with Gasteiger partial charge in [0.15, 0.2) is 0 Å². The Morgan fingerprint density at radius 1 is 0.875 bits per heavy atom. The standard InChI is InChI=1S/C6H12.C2H6/c1-5-3-6(2)4-5;1-2/h5-6H,3-4H2,1-2H3;1-2H3. The summed E-state index contributed by atoms with van der Waals surface area (Å²) in [5, 5.41) is 0. The van der Waals surface area contributed by atoms with Crippen LogP contribution in [0.1, 0.15) is 40.5 Å². The second-order valence-corrected chi connectivity index (χ2v) is 2.68. The molecule has 0 spiro atoms. The third-order valence-corrected chi connectivity index (χ3v) is 1.61. The Kier molecular flexibility index (Phi) is 3.94. The zero-order valence-corrected chi connectivity index (χ0v) is 6.57. The first-order chi connectivity index (χ1) is 3.79. The van der Waals surface area contributed by atoms with Crippen molar-refractivity contribution in [2.24, 2.45) is 11.8 Å². The zero-order valence-electron chi connectivity index (χ0n) is 6.57. The van der Waals surface area contributed by atoms with Gasteiger partial charge in [-0.05, 0) is 24.7 Å². The minimum absolute atomic E-state index is 1.04. The van der Waals surface area contributed by atoms with Crippen LogP contribution in [0, 0.1) is 11.8 Å². The van der Waals surface area contributed by atoms with E-state index in [1.165, 1.54) is 12.8 Å². The summed E-state index contributed by atoms with van der Waals surface area (Å²) in [6, 6.07) is 0. The molecule has 50 valence electrons. The predicted octanol–water partition coefficient (Wildman–Crippen LogP) is 3.08. The van der Waals surface area contributed by atoms with Crippen molar-refractivity contribution in [3.63, 3.8) is 0 Å². The van der Waals surface area contributed by atoms with Crippen LogP contribution in [0.4, 0.5) is 0 Å². The third-order valence-electron chi connectivity index (χ3n) is 1.61. The Morgan fingerprint density at radius 2 is 1.12 bits per heavy atom. The highest BCUT2D eigenvalue weighted by atomic mass is 14.2. The van der Waals surface area contributed by atoms with Crippen molar-refractivity contribution in [3.8, 4) is 0 Å². The summed E-state index contributed by atoms with van der Waals surface area (Å²) < 4.78 is 0.